The van der Waals surface area contributed by atoms with Gasteiger partial charge < -0.3 is 10.4 Å². The van der Waals surface area contributed by atoms with E-state index < -0.39 is 12.0 Å². The van der Waals surface area contributed by atoms with E-state index in [2.05, 4.69) is 5.32 Å². The number of carboxylic acid groups (broad SMARTS) is 1. The summed E-state index contributed by atoms with van der Waals surface area (Å²) < 4.78 is 0. The average molecular weight is 266 g/mol. The zero-order chi connectivity index (χ0) is 14.1. The zero-order valence-corrected chi connectivity index (χ0v) is 11.2. The van der Waals surface area contributed by atoms with Gasteiger partial charge in [0.15, 0.2) is 0 Å². The number of carbonyl (C=O) groups excluding carboxylic acids is 1. The number of aliphatic carboxylic acids is 1. The Labute approximate surface area is 114 Å². The van der Waals surface area contributed by atoms with E-state index in [1.807, 2.05) is 6.07 Å². The van der Waals surface area contributed by atoms with Crippen molar-refractivity contribution in [1.29, 1.82) is 5.26 Å². The fourth-order valence-electron chi connectivity index (χ4n) is 2.54. The Morgan fingerprint density at radius 2 is 2.00 bits per heavy atom. The third kappa shape index (κ3) is 6.23. The van der Waals surface area contributed by atoms with Crippen LogP contribution in [0, 0.1) is 17.2 Å². The van der Waals surface area contributed by atoms with Gasteiger partial charge in [0.2, 0.25) is 5.91 Å². The molecule has 0 aromatic heterocycles. The first-order valence-electron chi connectivity index (χ1n) is 7.02. The molecule has 1 saturated carbocycles. The first kappa shape index (κ1) is 15.5. The largest absolute Gasteiger partial charge is 0.480 e. The highest BCUT2D eigenvalue weighted by Crippen LogP contribution is 2.27. The molecule has 106 valence electrons. The smallest absolute Gasteiger partial charge is 0.326 e. The van der Waals surface area contributed by atoms with Gasteiger partial charge in [-0.3, -0.25) is 4.79 Å². The Kier molecular flexibility index (Phi) is 6.94. The summed E-state index contributed by atoms with van der Waals surface area (Å²) >= 11 is 0. The quantitative estimate of drug-likeness (QED) is 0.659. The number of rotatable bonds is 8. The second-order valence-corrected chi connectivity index (χ2v) is 5.22. The van der Waals surface area contributed by atoms with Gasteiger partial charge in [-0.1, -0.05) is 12.8 Å². The number of carbonyl (C=O) groups is 2. The molecule has 19 heavy (non-hydrogen) atoms. The SMILES string of the molecule is N#CCCCC[C@@H](NC(=O)CC1CCCC1)C(=O)O. The molecule has 0 aromatic rings. The van der Waals surface area contributed by atoms with Gasteiger partial charge >= 0.3 is 5.97 Å². The van der Waals surface area contributed by atoms with Crippen LogP contribution in [0.25, 0.3) is 0 Å². The number of nitrogens with zero attached hydrogens (tertiary/aromatic N) is 1. The highest BCUT2D eigenvalue weighted by molar-refractivity contribution is 5.83. The highest BCUT2D eigenvalue weighted by Gasteiger charge is 2.23. The predicted octanol–water partition coefficient (Wildman–Crippen LogP) is 2.22. The van der Waals surface area contributed by atoms with Crippen LogP contribution in [0.5, 0.6) is 0 Å². The summed E-state index contributed by atoms with van der Waals surface area (Å²) in [5.74, 6) is -0.718. The second-order valence-electron chi connectivity index (χ2n) is 5.22. The molecule has 2 N–H and O–H groups in total. The summed E-state index contributed by atoms with van der Waals surface area (Å²) in [7, 11) is 0. The number of nitrogens with one attached hydrogen (secondary N) is 1. The van der Waals surface area contributed by atoms with E-state index in [0.717, 1.165) is 12.8 Å². The number of hydrogen-bond donors (Lipinski definition) is 2. The van der Waals surface area contributed by atoms with Crippen LogP contribution in [0.4, 0.5) is 0 Å². The van der Waals surface area contributed by atoms with Crippen LogP contribution < -0.4 is 5.32 Å². The van der Waals surface area contributed by atoms with Crippen molar-refractivity contribution in [3.8, 4) is 6.07 Å². The lowest BCUT2D eigenvalue weighted by Gasteiger charge is -2.16. The Balaban J connectivity index is 2.29. The highest BCUT2D eigenvalue weighted by atomic mass is 16.4. The minimum atomic E-state index is -0.989. The molecule has 1 amide bonds. The summed E-state index contributed by atoms with van der Waals surface area (Å²) in [6.45, 7) is 0. The van der Waals surface area contributed by atoms with Crippen molar-refractivity contribution in [1.82, 2.24) is 5.32 Å². The third-order valence-corrected chi connectivity index (χ3v) is 3.61. The molecular weight excluding hydrogens is 244 g/mol. The Bertz CT molecular complexity index is 343. The standard InChI is InChI=1S/C14H22N2O3/c15-9-5-1-2-8-12(14(18)19)16-13(17)10-11-6-3-4-7-11/h11-12H,1-8,10H2,(H,16,17)(H,18,19)/t12-/m1/s1. The molecule has 0 unspecified atom stereocenters. The van der Waals surface area contributed by atoms with Gasteiger partial charge in [0.05, 0.1) is 6.07 Å². The van der Waals surface area contributed by atoms with Crippen molar-refractivity contribution >= 4 is 11.9 Å². The number of unbranched alkanes of at least 4 members (excludes halogenated alkanes) is 2. The van der Waals surface area contributed by atoms with Crippen LogP contribution in [0.15, 0.2) is 0 Å². The molecule has 0 bridgehead atoms. The van der Waals surface area contributed by atoms with E-state index in [4.69, 9.17) is 10.4 Å². The molecule has 0 heterocycles. The lowest BCUT2D eigenvalue weighted by atomic mass is 10.0. The maximum absolute atomic E-state index is 11.8. The van der Waals surface area contributed by atoms with Crippen LogP contribution in [0.3, 0.4) is 0 Å². The lowest BCUT2D eigenvalue weighted by Crippen LogP contribution is -2.41. The van der Waals surface area contributed by atoms with E-state index in [0.29, 0.717) is 38.0 Å². The van der Waals surface area contributed by atoms with Crippen LogP contribution in [-0.2, 0) is 9.59 Å². The minimum absolute atomic E-state index is 0.153. The number of hydrogen-bond acceptors (Lipinski definition) is 3. The van der Waals surface area contributed by atoms with Crippen molar-refractivity contribution in [3.05, 3.63) is 0 Å². The number of amides is 1. The maximum atomic E-state index is 11.8. The van der Waals surface area contributed by atoms with E-state index in [1.165, 1.54) is 12.8 Å². The molecule has 1 aliphatic carbocycles. The number of nitriles is 1. The van der Waals surface area contributed by atoms with Gasteiger partial charge in [-0.05, 0) is 38.0 Å². The molecule has 0 radical (unpaired) electrons. The molecule has 0 spiro atoms. The minimum Gasteiger partial charge on any atom is -0.480 e. The topological polar surface area (TPSA) is 90.2 Å². The molecule has 5 heteroatoms. The summed E-state index contributed by atoms with van der Waals surface area (Å²) in [5, 5.41) is 20.1. The monoisotopic (exact) mass is 266 g/mol. The van der Waals surface area contributed by atoms with Crippen molar-refractivity contribution in [3.63, 3.8) is 0 Å². The van der Waals surface area contributed by atoms with Gasteiger partial charge in [0, 0.05) is 12.8 Å². The molecule has 1 fully saturated rings. The summed E-state index contributed by atoms with van der Waals surface area (Å²) in [6, 6.07) is 1.21. The van der Waals surface area contributed by atoms with Crippen LogP contribution in [0.1, 0.15) is 57.8 Å². The van der Waals surface area contributed by atoms with Gasteiger partial charge in [0.25, 0.3) is 0 Å². The molecular formula is C14H22N2O3. The fraction of sp³-hybridized carbons (Fsp3) is 0.786. The predicted molar refractivity (Wildman–Crippen MR) is 70.2 cm³/mol. The van der Waals surface area contributed by atoms with Gasteiger partial charge in [0.1, 0.15) is 6.04 Å². The number of carboxylic acids is 1. The molecule has 5 nitrogen and oxygen atoms in total. The summed E-state index contributed by atoms with van der Waals surface area (Å²) in [5.41, 5.74) is 0. The first-order valence-corrected chi connectivity index (χ1v) is 7.02. The Morgan fingerprint density at radius 3 is 2.58 bits per heavy atom. The van der Waals surface area contributed by atoms with E-state index in [1.54, 1.807) is 0 Å². The van der Waals surface area contributed by atoms with Crippen molar-refractivity contribution < 1.29 is 14.7 Å². The summed E-state index contributed by atoms with van der Waals surface area (Å²) in [4.78, 5) is 22.8. The lowest BCUT2D eigenvalue weighted by molar-refractivity contribution is -0.142. The molecule has 0 aromatic carbocycles. The molecule has 1 atom stereocenters. The Morgan fingerprint density at radius 1 is 1.32 bits per heavy atom. The van der Waals surface area contributed by atoms with E-state index in [-0.39, 0.29) is 5.91 Å². The van der Waals surface area contributed by atoms with Gasteiger partial charge in [-0.2, -0.15) is 5.26 Å². The normalized spacial score (nSPS) is 16.8. The summed E-state index contributed by atoms with van der Waals surface area (Å²) in [6.07, 6.45) is 7.11. The molecule has 0 aliphatic heterocycles. The van der Waals surface area contributed by atoms with Crippen LogP contribution in [-0.4, -0.2) is 23.0 Å². The first-order chi connectivity index (χ1) is 9.13. The van der Waals surface area contributed by atoms with Crippen LogP contribution >= 0.6 is 0 Å². The molecule has 1 aliphatic rings. The zero-order valence-electron chi connectivity index (χ0n) is 11.2. The van der Waals surface area contributed by atoms with E-state index in [9.17, 15) is 9.59 Å². The van der Waals surface area contributed by atoms with Crippen molar-refractivity contribution in [2.45, 2.75) is 63.8 Å². The maximum Gasteiger partial charge on any atom is 0.326 e. The van der Waals surface area contributed by atoms with Crippen molar-refractivity contribution in [2.75, 3.05) is 0 Å². The fourth-order valence-corrected chi connectivity index (χ4v) is 2.54. The third-order valence-electron chi connectivity index (χ3n) is 3.61. The average Bonchev–Trinajstić information content (AvgIpc) is 2.85. The second kappa shape index (κ2) is 8.52. The van der Waals surface area contributed by atoms with Gasteiger partial charge in [-0.15, -0.1) is 0 Å². The molecule has 0 saturated heterocycles. The van der Waals surface area contributed by atoms with Crippen molar-refractivity contribution in [2.24, 2.45) is 5.92 Å². The van der Waals surface area contributed by atoms with Gasteiger partial charge in [-0.25, -0.2) is 4.79 Å². The van der Waals surface area contributed by atoms with E-state index >= 15 is 0 Å². The Hall–Kier alpha value is -1.57. The van der Waals surface area contributed by atoms with Crippen LogP contribution in [0.2, 0.25) is 0 Å². The molecule has 1 rings (SSSR count).